The van der Waals surface area contributed by atoms with Gasteiger partial charge in [0, 0.05) is 16.5 Å². The molecule has 0 aliphatic heterocycles. The van der Waals surface area contributed by atoms with Crippen LogP contribution in [0.3, 0.4) is 0 Å². The zero-order valence-corrected chi connectivity index (χ0v) is 14.5. The normalized spacial score (nSPS) is 10.8. The largest absolute Gasteiger partial charge is 0.355 e. The third-order valence-corrected chi connectivity index (χ3v) is 4.83. The fourth-order valence-electron chi connectivity index (χ4n) is 2.34. The SMILES string of the molecule is CCCc1nc(C)c(CNC(=O)c2cc(-c3ccccc3)on2)s1. The predicted octanol–water partition coefficient (Wildman–Crippen LogP) is 3.99. The van der Waals surface area contributed by atoms with E-state index in [1.165, 1.54) is 0 Å². The van der Waals surface area contributed by atoms with E-state index in [9.17, 15) is 4.79 Å². The van der Waals surface area contributed by atoms with Gasteiger partial charge in [-0.1, -0.05) is 42.4 Å². The predicted molar refractivity (Wildman–Crippen MR) is 94.0 cm³/mol. The number of nitrogens with zero attached hydrogens (tertiary/aromatic N) is 2. The Morgan fingerprint density at radius 2 is 2.08 bits per heavy atom. The minimum Gasteiger partial charge on any atom is -0.355 e. The molecule has 1 aromatic carbocycles. The molecule has 0 fully saturated rings. The first kappa shape index (κ1) is 16.4. The second-order valence-electron chi connectivity index (χ2n) is 5.49. The minimum absolute atomic E-state index is 0.245. The Morgan fingerprint density at radius 3 is 2.83 bits per heavy atom. The first-order valence-electron chi connectivity index (χ1n) is 7.93. The Labute approximate surface area is 144 Å². The summed E-state index contributed by atoms with van der Waals surface area (Å²) in [6, 6.07) is 11.2. The van der Waals surface area contributed by atoms with E-state index in [0.29, 0.717) is 12.3 Å². The molecule has 2 heterocycles. The number of hydrogen-bond acceptors (Lipinski definition) is 5. The van der Waals surface area contributed by atoms with Gasteiger partial charge in [0.25, 0.3) is 5.91 Å². The van der Waals surface area contributed by atoms with Crippen molar-refractivity contribution in [1.29, 1.82) is 0 Å². The molecule has 0 aliphatic rings. The van der Waals surface area contributed by atoms with Crippen molar-refractivity contribution in [3.05, 3.63) is 57.7 Å². The van der Waals surface area contributed by atoms with Crippen LogP contribution in [-0.2, 0) is 13.0 Å². The second-order valence-corrected chi connectivity index (χ2v) is 6.66. The van der Waals surface area contributed by atoms with Crippen molar-refractivity contribution in [2.45, 2.75) is 33.2 Å². The summed E-state index contributed by atoms with van der Waals surface area (Å²) in [6.07, 6.45) is 2.04. The summed E-state index contributed by atoms with van der Waals surface area (Å²) < 4.78 is 5.26. The lowest BCUT2D eigenvalue weighted by molar-refractivity contribution is 0.0942. The van der Waals surface area contributed by atoms with Crippen LogP contribution < -0.4 is 5.32 Å². The third kappa shape index (κ3) is 3.71. The number of benzene rings is 1. The molecular weight excluding hydrogens is 322 g/mol. The highest BCUT2D eigenvalue weighted by atomic mass is 32.1. The van der Waals surface area contributed by atoms with Crippen molar-refractivity contribution in [3.8, 4) is 11.3 Å². The second kappa shape index (κ2) is 7.40. The van der Waals surface area contributed by atoms with Gasteiger partial charge in [-0.2, -0.15) is 0 Å². The summed E-state index contributed by atoms with van der Waals surface area (Å²) in [6.45, 7) is 4.56. The Kier molecular flexibility index (Phi) is 5.05. The van der Waals surface area contributed by atoms with Gasteiger partial charge in [-0.25, -0.2) is 4.98 Å². The zero-order valence-electron chi connectivity index (χ0n) is 13.7. The maximum Gasteiger partial charge on any atom is 0.273 e. The average Bonchev–Trinajstić information content (AvgIpc) is 3.21. The van der Waals surface area contributed by atoms with Gasteiger partial charge in [0.1, 0.15) is 0 Å². The van der Waals surface area contributed by atoms with Gasteiger partial charge in [-0.05, 0) is 19.8 Å². The summed E-state index contributed by atoms with van der Waals surface area (Å²) in [5, 5.41) is 7.87. The molecule has 3 aromatic rings. The molecule has 1 amide bonds. The summed E-state index contributed by atoms with van der Waals surface area (Å²) >= 11 is 1.65. The summed E-state index contributed by atoms with van der Waals surface area (Å²) in [5.41, 5.74) is 2.16. The topological polar surface area (TPSA) is 68.0 Å². The van der Waals surface area contributed by atoms with Crippen molar-refractivity contribution < 1.29 is 9.32 Å². The van der Waals surface area contributed by atoms with Crippen LogP contribution in [-0.4, -0.2) is 16.0 Å². The summed E-state index contributed by atoms with van der Waals surface area (Å²) in [7, 11) is 0. The maximum absolute atomic E-state index is 12.3. The van der Waals surface area contributed by atoms with Gasteiger partial charge < -0.3 is 9.84 Å². The van der Waals surface area contributed by atoms with E-state index in [1.807, 2.05) is 37.3 Å². The van der Waals surface area contributed by atoms with Gasteiger partial charge in [0.05, 0.1) is 17.2 Å². The van der Waals surface area contributed by atoms with Gasteiger partial charge in [-0.3, -0.25) is 4.79 Å². The number of thiazole rings is 1. The summed E-state index contributed by atoms with van der Waals surface area (Å²) in [4.78, 5) is 17.9. The minimum atomic E-state index is -0.245. The molecule has 0 spiro atoms. The Morgan fingerprint density at radius 1 is 1.29 bits per heavy atom. The molecule has 0 bridgehead atoms. The van der Waals surface area contributed by atoms with Crippen LogP contribution in [0, 0.1) is 6.92 Å². The summed E-state index contributed by atoms with van der Waals surface area (Å²) in [5.74, 6) is 0.339. The van der Waals surface area contributed by atoms with Crippen LogP contribution in [0.2, 0.25) is 0 Å². The van der Waals surface area contributed by atoms with Crippen LogP contribution in [0.15, 0.2) is 40.9 Å². The van der Waals surface area contributed by atoms with Crippen LogP contribution in [0.25, 0.3) is 11.3 Å². The highest BCUT2D eigenvalue weighted by Crippen LogP contribution is 2.21. The first-order valence-corrected chi connectivity index (χ1v) is 8.74. The molecule has 2 aromatic heterocycles. The van der Waals surface area contributed by atoms with E-state index in [4.69, 9.17) is 4.52 Å². The van der Waals surface area contributed by atoms with Gasteiger partial charge in [0.2, 0.25) is 0 Å². The third-order valence-electron chi connectivity index (χ3n) is 3.61. The number of hydrogen-bond donors (Lipinski definition) is 1. The quantitative estimate of drug-likeness (QED) is 0.736. The number of aromatic nitrogens is 2. The molecule has 0 aliphatic carbocycles. The first-order chi connectivity index (χ1) is 11.7. The smallest absolute Gasteiger partial charge is 0.273 e. The number of nitrogens with one attached hydrogen (secondary N) is 1. The number of carbonyl (C=O) groups excluding carboxylic acids is 1. The number of amides is 1. The van der Waals surface area contributed by atoms with Crippen molar-refractivity contribution in [2.24, 2.45) is 0 Å². The Balaban J connectivity index is 1.64. The van der Waals surface area contributed by atoms with E-state index < -0.39 is 0 Å². The van der Waals surface area contributed by atoms with Gasteiger partial charge in [0.15, 0.2) is 11.5 Å². The molecule has 0 saturated carbocycles. The lowest BCUT2D eigenvalue weighted by Crippen LogP contribution is -2.22. The lowest BCUT2D eigenvalue weighted by atomic mass is 10.1. The molecule has 24 heavy (non-hydrogen) atoms. The Hall–Kier alpha value is -2.47. The fourth-order valence-corrected chi connectivity index (χ4v) is 3.46. The number of aryl methyl sites for hydroxylation is 2. The van der Waals surface area contributed by atoms with E-state index in [-0.39, 0.29) is 11.6 Å². The molecule has 3 rings (SSSR count). The van der Waals surface area contributed by atoms with Crippen LogP contribution >= 0.6 is 11.3 Å². The van der Waals surface area contributed by atoms with E-state index in [2.05, 4.69) is 22.4 Å². The van der Waals surface area contributed by atoms with Crippen molar-refractivity contribution in [2.75, 3.05) is 0 Å². The average molecular weight is 341 g/mol. The molecule has 6 heteroatoms. The highest BCUT2D eigenvalue weighted by molar-refractivity contribution is 7.11. The molecule has 1 N–H and O–H groups in total. The molecule has 0 atom stereocenters. The number of rotatable bonds is 6. The molecule has 0 saturated heterocycles. The van der Waals surface area contributed by atoms with Crippen LogP contribution in [0.1, 0.15) is 39.4 Å². The molecule has 5 nitrogen and oxygen atoms in total. The standard InChI is InChI=1S/C18H19N3O2S/c1-3-7-17-20-12(2)16(24-17)11-19-18(22)14-10-15(23-21-14)13-8-5-4-6-9-13/h4-6,8-10H,3,7,11H2,1-2H3,(H,19,22). The molecular formula is C18H19N3O2S. The van der Waals surface area contributed by atoms with Gasteiger partial charge in [-0.15, -0.1) is 11.3 Å². The molecule has 124 valence electrons. The van der Waals surface area contributed by atoms with Crippen molar-refractivity contribution in [1.82, 2.24) is 15.5 Å². The van der Waals surface area contributed by atoms with Crippen molar-refractivity contribution in [3.63, 3.8) is 0 Å². The molecule has 0 radical (unpaired) electrons. The highest BCUT2D eigenvalue weighted by Gasteiger charge is 2.15. The van der Waals surface area contributed by atoms with Crippen LogP contribution in [0.5, 0.6) is 0 Å². The molecule has 0 unspecified atom stereocenters. The van der Waals surface area contributed by atoms with Gasteiger partial charge >= 0.3 is 0 Å². The lowest BCUT2D eigenvalue weighted by Gasteiger charge is -2.00. The van der Waals surface area contributed by atoms with E-state index in [1.54, 1.807) is 17.4 Å². The number of carbonyl (C=O) groups is 1. The van der Waals surface area contributed by atoms with Crippen molar-refractivity contribution >= 4 is 17.2 Å². The maximum atomic E-state index is 12.3. The Bertz CT molecular complexity index is 824. The monoisotopic (exact) mass is 341 g/mol. The fraction of sp³-hybridized carbons (Fsp3) is 0.278. The van der Waals surface area contributed by atoms with E-state index >= 15 is 0 Å². The van der Waals surface area contributed by atoms with E-state index in [0.717, 1.165) is 34.0 Å². The van der Waals surface area contributed by atoms with Crippen LogP contribution in [0.4, 0.5) is 0 Å². The zero-order chi connectivity index (χ0) is 16.9.